The summed E-state index contributed by atoms with van der Waals surface area (Å²) in [5, 5.41) is 0.624. The fraction of sp³-hybridized carbons (Fsp3) is 0.333. The molecule has 0 bridgehead atoms. The number of nitrogens with zero attached hydrogens (tertiary/aromatic N) is 2. The maximum atomic E-state index is 12.7. The fourth-order valence-corrected chi connectivity index (χ4v) is 4.90. The minimum absolute atomic E-state index is 0.00381. The molecule has 7 nitrogen and oxygen atoms in total. The average molecular weight is 447 g/mol. The number of thiazole rings is 1. The molecule has 4 rings (SSSR count). The van der Waals surface area contributed by atoms with Crippen molar-refractivity contribution in [2.75, 3.05) is 26.5 Å². The van der Waals surface area contributed by atoms with Gasteiger partial charge in [0.2, 0.25) is 0 Å². The first-order valence-electron chi connectivity index (χ1n) is 9.54. The number of amides is 1. The Balaban J connectivity index is 1.36. The van der Waals surface area contributed by atoms with Gasteiger partial charge in [-0.1, -0.05) is 11.3 Å². The first-order chi connectivity index (χ1) is 14.3. The Morgan fingerprint density at radius 1 is 1.13 bits per heavy atom. The number of hydrogen-bond acceptors (Lipinski definition) is 7. The summed E-state index contributed by atoms with van der Waals surface area (Å²) < 4.78 is 35.5. The number of fused-ring (bicyclic) bond motifs is 1. The smallest absolute Gasteiger partial charge is 0.274 e. The van der Waals surface area contributed by atoms with Crippen LogP contribution in [0, 0.1) is 0 Å². The number of rotatable bonds is 5. The fourth-order valence-electron chi connectivity index (χ4n) is 3.41. The third kappa shape index (κ3) is 4.41. The van der Waals surface area contributed by atoms with Crippen molar-refractivity contribution in [3.05, 3.63) is 48.0 Å². The zero-order valence-electron chi connectivity index (χ0n) is 16.7. The van der Waals surface area contributed by atoms with E-state index in [0.717, 1.165) is 22.2 Å². The van der Waals surface area contributed by atoms with Crippen molar-refractivity contribution in [2.24, 2.45) is 0 Å². The van der Waals surface area contributed by atoms with E-state index < -0.39 is 9.84 Å². The van der Waals surface area contributed by atoms with Gasteiger partial charge in [-0.05, 0) is 36.4 Å². The summed E-state index contributed by atoms with van der Waals surface area (Å²) in [5.74, 6) is 0.663. The summed E-state index contributed by atoms with van der Waals surface area (Å²) in [7, 11) is -1.65. The van der Waals surface area contributed by atoms with Gasteiger partial charge in [0.05, 0.1) is 22.2 Å². The van der Waals surface area contributed by atoms with Crippen molar-refractivity contribution < 1.29 is 22.7 Å². The Morgan fingerprint density at radius 3 is 2.47 bits per heavy atom. The molecule has 9 heteroatoms. The number of aromatic nitrogens is 1. The summed E-state index contributed by atoms with van der Waals surface area (Å²) in [6.45, 7) is 1.16. The van der Waals surface area contributed by atoms with E-state index in [1.165, 1.54) is 23.5 Å². The normalized spacial score (nSPS) is 15.3. The standard InChI is InChI=1S/C21H22N2O5S2/c1-27-16-5-8-19-18(13-16)22-21(29-19)28-15-9-11-23(12-10-15)20(24)14-3-6-17(7-4-14)30(2,25)26/h3-8,13,15H,9-12H2,1-2H3. The molecule has 2 aromatic carbocycles. The Bertz CT molecular complexity index is 1160. The maximum absolute atomic E-state index is 12.7. The Hall–Kier alpha value is -2.65. The Kier molecular flexibility index (Phi) is 5.66. The SMILES string of the molecule is COc1ccc2sc(OC3CCN(C(=O)c4ccc(S(C)(=O)=O)cc4)CC3)nc2c1. The Labute approximate surface area is 179 Å². The molecule has 1 aliphatic heterocycles. The molecule has 3 aromatic rings. The first kappa shape index (κ1) is 20.6. The van der Waals surface area contributed by atoms with E-state index in [9.17, 15) is 13.2 Å². The van der Waals surface area contributed by atoms with Gasteiger partial charge in [0.15, 0.2) is 9.84 Å². The van der Waals surface area contributed by atoms with Crippen LogP contribution in [0.25, 0.3) is 10.2 Å². The molecule has 1 saturated heterocycles. The molecule has 0 aliphatic carbocycles. The monoisotopic (exact) mass is 446 g/mol. The number of sulfone groups is 1. The minimum atomic E-state index is -3.27. The summed E-state index contributed by atoms with van der Waals surface area (Å²) in [5.41, 5.74) is 1.33. The van der Waals surface area contributed by atoms with Crippen LogP contribution < -0.4 is 9.47 Å². The first-order valence-corrected chi connectivity index (χ1v) is 12.2. The highest BCUT2D eigenvalue weighted by atomic mass is 32.2. The number of likely N-dealkylation sites (tertiary alicyclic amines) is 1. The van der Waals surface area contributed by atoms with E-state index in [1.807, 2.05) is 18.2 Å². The largest absolute Gasteiger partial charge is 0.497 e. The molecule has 0 N–H and O–H groups in total. The van der Waals surface area contributed by atoms with Crippen LogP contribution in [0.1, 0.15) is 23.2 Å². The summed E-state index contributed by atoms with van der Waals surface area (Å²) >= 11 is 1.50. The zero-order valence-corrected chi connectivity index (χ0v) is 18.3. The quantitative estimate of drug-likeness (QED) is 0.597. The summed E-state index contributed by atoms with van der Waals surface area (Å²) in [6.07, 6.45) is 2.58. The van der Waals surface area contributed by atoms with Crippen LogP contribution in [0.15, 0.2) is 47.4 Å². The van der Waals surface area contributed by atoms with Gasteiger partial charge < -0.3 is 14.4 Å². The lowest BCUT2D eigenvalue weighted by Gasteiger charge is -2.31. The molecule has 30 heavy (non-hydrogen) atoms. The molecular weight excluding hydrogens is 424 g/mol. The van der Waals surface area contributed by atoms with Gasteiger partial charge in [0.25, 0.3) is 11.1 Å². The average Bonchev–Trinajstić information content (AvgIpc) is 3.14. The van der Waals surface area contributed by atoms with Gasteiger partial charge >= 0.3 is 0 Å². The molecule has 0 spiro atoms. The predicted molar refractivity (Wildman–Crippen MR) is 115 cm³/mol. The molecule has 0 saturated carbocycles. The van der Waals surface area contributed by atoms with Crippen molar-refractivity contribution in [1.82, 2.24) is 9.88 Å². The molecule has 0 unspecified atom stereocenters. The highest BCUT2D eigenvalue weighted by molar-refractivity contribution is 7.90. The Morgan fingerprint density at radius 2 is 1.83 bits per heavy atom. The lowest BCUT2D eigenvalue weighted by Crippen LogP contribution is -2.41. The second-order valence-corrected chi connectivity index (χ2v) is 10.2. The molecule has 1 aliphatic rings. The number of hydrogen-bond donors (Lipinski definition) is 0. The van der Waals surface area contributed by atoms with Crippen LogP contribution in [-0.4, -0.2) is 56.8 Å². The van der Waals surface area contributed by atoms with Crippen LogP contribution in [0.4, 0.5) is 0 Å². The molecular formula is C21H22N2O5S2. The number of benzene rings is 2. The van der Waals surface area contributed by atoms with Gasteiger partial charge in [-0.25, -0.2) is 13.4 Å². The molecule has 0 radical (unpaired) electrons. The maximum Gasteiger partial charge on any atom is 0.274 e. The molecule has 158 valence electrons. The highest BCUT2D eigenvalue weighted by Crippen LogP contribution is 2.32. The number of carbonyl (C=O) groups is 1. The van der Waals surface area contributed by atoms with Gasteiger partial charge in [0.1, 0.15) is 11.9 Å². The van der Waals surface area contributed by atoms with E-state index in [1.54, 1.807) is 24.1 Å². The van der Waals surface area contributed by atoms with Gasteiger partial charge in [-0.15, -0.1) is 0 Å². The number of carbonyl (C=O) groups excluding carboxylic acids is 1. The van der Waals surface area contributed by atoms with E-state index >= 15 is 0 Å². The number of ether oxygens (including phenoxy) is 2. The van der Waals surface area contributed by atoms with Crippen LogP contribution in [0.2, 0.25) is 0 Å². The number of methoxy groups -OCH3 is 1. The van der Waals surface area contributed by atoms with E-state index in [2.05, 4.69) is 4.98 Å². The molecule has 2 heterocycles. The lowest BCUT2D eigenvalue weighted by molar-refractivity contribution is 0.0595. The van der Waals surface area contributed by atoms with E-state index in [4.69, 9.17) is 9.47 Å². The van der Waals surface area contributed by atoms with Crippen LogP contribution in [-0.2, 0) is 9.84 Å². The van der Waals surface area contributed by atoms with Crippen LogP contribution in [0.5, 0.6) is 10.9 Å². The number of piperidine rings is 1. The van der Waals surface area contributed by atoms with Crippen molar-refractivity contribution in [3.63, 3.8) is 0 Å². The molecule has 0 atom stereocenters. The van der Waals surface area contributed by atoms with Gasteiger partial charge in [-0.3, -0.25) is 4.79 Å². The van der Waals surface area contributed by atoms with Crippen molar-refractivity contribution in [3.8, 4) is 10.9 Å². The second-order valence-electron chi connectivity index (χ2n) is 7.22. The summed E-state index contributed by atoms with van der Waals surface area (Å²) in [6, 6.07) is 11.8. The topological polar surface area (TPSA) is 85.8 Å². The van der Waals surface area contributed by atoms with E-state index in [0.29, 0.717) is 36.7 Å². The summed E-state index contributed by atoms with van der Waals surface area (Å²) in [4.78, 5) is 19.2. The molecule has 1 amide bonds. The van der Waals surface area contributed by atoms with E-state index in [-0.39, 0.29) is 16.9 Å². The van der Waals surface area contributed by atoms with Crippen LogP contribution in [0.3, 0.4) is 0 Å². The second kappa shape index (κ2) is 8.23. The van der Waals surface area contributed by atoms with Crippen molar-refractivity contribution in [2.45, 2.75) is 23.8 Å². The zero-order chi connectivity index (χ0) is 21.3. The predicted octanol–water partition coefficient (Wildman–Crippen LogP) is 3.39. The van der Waals surface area contributed by atoms with Gasteiger partial charge in [0, 0.05) is 43.8 Å². The van der Waals surface area contributed by atoms with Crippen molar-refractivity contribution in [1.29, 1.82) is 0 Å². The third-order valence-corrected chi connectivity index (χ3v) is 7.16. The third-order valence-electron chi connectivity index (χ3n) is 5.10. The van der Waals surface area contributed by atoms with Crippen LogP contribution >= 0.6 is 11.3 Å². The van der Waals surface area contributed by atoms with Gasteiger partial charge in [-0.2, -0.15) is 0 Å². The highest BCUT2D eigenvalue weighted by Gasteiger charge is 2.25. The minimum Gasteiger partial charge on any atom is -0.497 e. The molecule has 1 fully saturated rings. The molecule has 1 aromatic heterocycles. The van der Waals surface area contributed by atoms with Crippen molar-refractivity contribution >= 4 is 37.3 Å². The lowest BCUT2D eigenvalue weighted by atomic mass is 10.1.